The molecule has 140 valence electrons. The van der Waals surface area contributed by atoms with Crippen molar-refractivity contribution >= 4 is 60.6 Å². The molecule has 1 amide bonds. The highest BCUT2D eigenvalue weighted by Crippen LogP contribution is 2.41. The van der Waals surface area contributed by atoms with Crippen LogP contribution in [0.1, 0.15) is 11.8 Å². The first-order valence-corrected chi connectivity index (χ1v) is 10.3. The Morgan fingerprint density at radius 2 is 1.82 bits per heavy atom. The highest BCUT2D eigenvalue weighted by molar-refractivity contribution is 9.10. The van der Waals surface area contributed by atoms with E-state index in [1.54, 1.807) is 17.7 Å². The lowest BCUT2D eigenvalue weighted by Gasteiger charge is -2.10. The Morgan fingerprint density at radius 3 is 2.57 bits per heavy atom. The van der Waals surface area contributed by atoms with E-state index in [4.69, 9.17) is 0 Å². The van der Waals surface area contributed by atoms with Crippen LogP contribution in [-0.4, -0.2) is 15.9 Å². The number of rotatable bonds is 4. The molecule has 0 radical (unpaired) electrons. The molecule has 0 spiro atoms. The van der Waals surface area contributed by atoms with Gasteiger partial charge in [0.05, 0.1) is 5.39 Å². The van der Waals surface area contributed by atoms with Crippen LogP contribution in [0.15, 0.2) is 59.3 Å². The predicted octanol–water partition coefficient (Wildman–Crippen LogP) is 6.13. The Hall–Kier alpha value is -2.77. The van der Waals surface area contributed by atoms with E-state index >= 15 is 0 Å². The molecule has 2 N–H and O–H groups in total. The molecule has 7 heteroatoms. The monoisotopic (exact) mass is 452 g/mol. The zero-order valence-electron chi connectivity index (χ0n) is 15.3. The van der Waals surface area contributed by atoms with Gasteiger partial charge in [-0.25, -0.2) is 9.97 Å². The smallest absolute Gasteiger partial charge is 0.221 e. The standard InChI is InChI=1S/C21H17BrN4OS/c1-12-18(14-6-8-15(22)9-7-14)19-20(23-11-24-21(19)28-12)26-17-5-3-4-16(10-17)25-13(2)27/h3-11H,1-2H3,(H,25,27)(H,23,24,26). The third-order valence-electron chi connectivity index (χ3n) is 4.24. The van der Waals surface area contributed by atoms with Gasteiger partial charge in [-0.3, -0.25) is 4.79 Å². The summed E-state index contributed by atoms with van der Waals surface area (Å²) in [5, 5.41) is 7.19. The molecule has 0 fully saturated rings. The van der Waals surface area contributed by atoms with Crippen LogP contribution in [0, 0.1) is 6.92 Å². The van der Waals surface area contributed by atoms with E-state index in [2.05, 4.69) is 55.6 Å². The summed E-state index contributed by atoms with van der Waals surface area (Å²) >= 11 is 5.15. The molecular weight excluding hydrogens is 436 g/mol. The van der Waals surface area contributed by atoms with E-state index in [1.807, 2.05) is 36.4 Å². The van der Waals surface area contributed by atoms with Gasteiger partial charge in [0.2, 0.25) is 5.91 Å². The number of amides is 1. The molecule has 0 saturated heterocycles. The molecule has 28 heavy (non-hydrogen) atoms. The number of hydrogen-bond acceptors (Lipinski definition) is 5. The van der Waals surface area contributed by atoms with Crippen LogP contribution in [0.5, 0.6) is 0 Å². The largest absolute Gasteiger partial charge is 0.340 e. The molecule has 4 aromatic rings. The number of carbonyl (C=O) groups is 1. The first kappa shape index (κ1) is 18.6. The Bertz CT molecular complexity index is 1170. The van der Waals surface area contributed by atoms with Crippen molar-refractivity contribution in [2.24, 2.45) is 0 Å². The van der Waals surface area contributed by atoms with Gasteiger partial charge in [-0.05, 0) is 42.8 Å². The van der Waals surface area contributed by atoms with Crippen molar-refractivity contribution in [3.05, 3.63) is 64.2 Å². The molecule has 5 nitrogen and oxygen atoms in total. The summed E-state index contributed by atoms with van der Waals surface area (Å²) in [5.74, 6) is 0.639. The summed E-state index contributed by atoms with van der Waals surface area (Å²) in [7, 11) is 0. The van der Waals surface area contributed by atoms with Gasteiger partial charge in [0.1, 0.15) is 17.0 Å². The Kier molecular flexibility index (Phi) is 5.11. The first-order valence-electron chi connectivity index (χ1n) is 8.66. The third kappa shape index (κ3) is 3.76. The van der Waals surface area contributed by atoms with Crippen LogP contribution < -0.4 is 10.6 Å². The van der Waals surface area contributed by atoms with E-state index in [1.165, 1.54) is 11.8 Å². The molecule has 2 heterocycles. The zero-order chi connectivity index (χ0) is 19.7. The number of aromatic nitrogens is 2. The normalized spacial score (nSPS) is 10.8. The minimum absolute atomic E-state index is 0.104. The SMILES string of the molecule is CC(=O)Nc1cccc(Nc2ncnc3sc(C)c(-c4ccc(Br)cc4)c23)c1. The lowest BCUT2D eigenvalue weighted by atomic mass is 10.0. The minimum Gasteiger partial charge on any atom is -0.340 e. The first-order chi connectivity index (χ1) is 13.5. The number of fused-ring (bicyclic) bond motifs is 1. The summed E-state index contributed by atoms with van der Waals surface area (Å²) in [6.07, 6.45) is 1.57. The van der Waals surface area contributed by atoms with Gasteiger partial charge in [0.15, 0.2) is 0 Å². The van der Waals surface area contributed by atoms with Gasteiger partial charge in [0, 0.05) is 33.2 Å². The fraction of sp³-hybridized carbons (Fsp3) is 0.0952. The van der Waals surface area contributed by atoms with Gasteiger partial charge in [0.25, 0.3) is 0 Å². The minimum atomic E-state index is -0.104. The van der Waals surface area contributed by atoms with E-state index in [-0.39, 0.29) is 5.91 Å². The van der Waals surface area contributed by atoms with E-state index in [0.29, 0.717) is 0 Å². The molecule has 0 aliphatic rings. The third-order valence-corrected chi connectivity index (χ3v) is 5.78. The second-order valence-electron chi connectivity index (χ2n) is 6.33. The molecule has 4 rings (SSSR count). The van der Waals surface area contributed by atoms with Crippen LogP contribution in [0.2, 0.25) is 0 Å². The zero-order valence-corrected chi connectivity index (χ0v) is 17.7. The molecule has 0 saturated carbocycles. The van der Waals surface area contributed by atoms with E-state index in [0.717, 1.165) is 43.0 Å². The maximum Gasteiger partial charge on any atom is 0.221 e. The molecule has 0 bridgehead atoms. The number of hydrogen-bond donors (Lipinski definition) is 2. The Balaban J connectivity index is 1.80. The van der Waals surface area contributed by atoms with E-state index < -0.39 is 0 Å². The number of nitrogens with one attached hydrogen (secondary N) is 2. The molecular formula is C21H17BrN4OS. The summed E-state index contributed by atoms with van der Waals surface area (Å²) < 4.78 is 1.04. The fourth-order valence-electron chi connectivity index (χ4n) is 3.12. The van der Waals surface area contributed by atoms with Crippen LogP contribution in [0.25, 0.3) is 21.3 Å². The average molecular weight is 453 g/mol. The maximum absolute atomic E-state index is 11.3. The van der Waals surface area contributed by atoms with Crippen molar-refractivity contribution in [3.63, 3.8) is 0 Å². The number of anilines is 3. The number of aryl methyl sites for hydroxylation is 1. The van der Waals surface area contributed by atoms with Crippen LogP contribution in [-0.2, 0) is 4.79 Å². The number of nitrogens with zero attached hydrogens (tertiary/aromatic N) is 2. The quantitative estimate of drug-likeness (QED) is 0.390. The molecule has 2 aromatic heterocycles. The summed E-state index contributed by atoms with van der Waals surface area (Å²) in [6, 6.07) is 15.8. The topological polar surface area (TPSA) is 66.9 Å². The molecule has 2 aromatic carbocycles. The lowest BCUT2D eigenvalue weighted by molar-refractivity contribution is -0.114. The Labute approximate surface area is 175 Å². The lowest BCUT2D eigenvalue weighted by Crippen LogP contribution is -2.05. The average Bonchev–Trinajstić information content (AvgIpc) is 2.99. The molecule has 0 unspecified atom stereocenters. The van der Waals surface area contributed by atoms with Crippen LogP contribution in [0.3, 0.4) is 0 Å². The molecule has 0 aliphatic heterocycles. The van der Waals surface area contributed by atoms with Gasteiger partial charge in [-0.15, -0.1) is 11.3 Å². The van der Waals surface area contributed by atoms with Crippen molar-refractivity contribution in [2.45, 2.75) is 13.8 Å². The Morgan fingerprint density at radius 1 is 1.07 bits per heavy atom. The number of carbonyl (C=O) groups excluding carboxylic acids is 1. The van der Waals surface area contributed by atoms with Crippen LogP contribution >= 0.6 is 27.3 Å². The van der Waals surface area contributed by atoms with E-state index in [9.17, 15) is 4.79 Å². The van der Waals surface area contributed by atoms with Crippen molar-refractivity contribution in [1.82, 2.24) is 9.97 Å². The summed E-state index contributed by atoms with van der Waals surface area (Å²) in [4.78, 5) is 22.4. The van der Waals surface area contributed by atoms with Crippen molar-refractivity contribution in [1.29, 1.82) is 0 Å². The highest BCUT2D eigenvalue weighted by atomic mass is 79.9. The summed E-state index contributed by atoms with van der Waals surface area (Å²) in [5.41, 5.74) is 3.83. The second-order valence-corrected chi connectivity index (χ2v) is 8.45. The van der Waals surface area contributed by atoms with Crippen LogP contribution in [0.4, 0.5) is 17.2 Å². The van der Waals surface area contributed by atoms with Crippen molar-refractivity contribution in [2.75, 3.05) is 10.6 Å². The van der Waals surface area contributed by atoms with Gasteiger partial charge < -0.3 is 10.6 Å². The van der Waals surface area contributed by atoms with Crippen molar-refractivity contribution in [3.8, 4) is 11.1 Å². The number of benzene rings is 2. The molecule has 0 atom stereocenters. The van der Waals surface area contributed by atoms with Gasteiger partial charge >= 0.3 is 0 Å². The maximum atomic E-state index is 11.3. The van der Waals surface area contributed by atoms with Gasteiger partial charge in [-0.2, -0.15) is 0 Å². The van der Waals surface area contributed by atoms with Gasteiger partial charge in [-0.1, -0.05) is 34.1 Å². The molecule has 0 aliphatic carbocycles. The number of thiophene rings is 1. The summed E-state index contributed by atoms with van der Waals surface area (Å²) in [6.45, 7) is 3.59. The highest BCUT2D eigenvalue weighted by Gasteiger charge is 2.17. The second kappa shape index (κ2) is 7.69. The fourth-order valence-corrected chi connectivity index (χ4v) is 4.39. The number of halogens is 1. The predicted molar refractivity (Wildman–Crippen MR) is 119 cm³/mol. The van der Waals surface area contributed by atoms with Crippen molar-refractivity contribution < 1.29 is 4.79 Å².